The predicted octanol–water partition coefficient (Wildman–Crippen LogP) is 8.00. The van der Waals surface area contributed by atoms with Gasteiger partial charge in [-0.2, -0.15) is 9.78 Å². The number of rotatable bonds is 14. The molecule has 174 valence electrons. The van der Waals surface area contributed by atoms with E-state index in [1.165, 1.54) is 0 Å². The highest BCUT2D eigenvalue weighted by Gasteiger charge is 2.53. The molecule has 1 fully saturated rings. The Morgan fingerprint density at radius 2 is 1.00 bits per heavy atom. The van der Waals surface area contributed by atoms with Crippen LogP contribution in [0.15, 0.2) is 0 Å². The topological polar surface area (TPSA) is 36.9 Å². The van der Waals surface area contributed by atoms with Gasteiger partial charge in [-0.3, -0.25) is 0 Å². The first-order valence-electron chi connectivity index (χ1n) is 12.5. The van der Waals surface area contributed by atoms with Gasteiger partial charge in [0, 0.05) is 11.8 Å². The third-order valence-electron chi connectivity index (χ3n) is 7.57. The van der Waals surface area contributed by atoms with Gasteiger partial charge in [-0.05, 0) is 57.3 Å². The lowest BCUT2D eigenvalue weighted by Crippen LogP contribution is -2.55. The molecule has 0 saturated heterocycles. The van der Waals surface area contributed by atoms with Crippen LogP contribution < -0.4 is 0 Å². The van der Waals surface area contributed by atoms with Crippen molar-refractivity contribution < 1.29 is 19.6 Å². The van der Waals surface area contributed by atoms with E-state index in [0.29, 0.717) is 5.92 Å². The molecule has 0 N–H and O–H groups in total. The minimum Gasteiger partial charge on any atom is -0.227 e. The van der Waals surface area contributed by atoms with Gasteiger partial charge in [0.15, 0.2) is 0 Å². The van der Waals surface area contributed by atoms with Crippen LogP contribution in [-0.2, 0) is 19.6 Å². The third-order valence-corrected chi connectivity index (χ3v) is 7.57. The molecule has 0 aromatic carbocycles. The van der Waals surface area contributed by atoms with Crippen molar-refractivity contribution in [3.63, 3.8) is 0 Å². The van der Waals surface area contributed by atoms with Crippen LogP contribution >= 0.6 is 0 Å². The third kappa shape index (κ3) is 6.41. The van der Waals surface area contributed by atoms with E-state index < -0.39 is 5.79 Å². The number of hydrogen-bond acceptors (Lipinski definition) is 4. The van der Waals surface area contributed by atoms with Gasteiger partial charge in [0.05, 0.1) is 0 Å². The first kappa shape index (κ1) is 26.9. The highest BCUT2D eigenvalue weighted by atomic mass is 17.3. The van der Waals surface area contributed by atoms with E-state index in [2.05, 4.69) is 62.3 Å². The average Bonchev–Trinajstić information content (AvgIpc) is 2.71. The Bertz CT molecular complexity index is 402. The molecule has 1 saturated carbocycles. The molecule has 0 radical (unpaired) electrons. The fourth-order valence-corrected chi connectivity index (χ4v) is 5.20. The van der Waals surface area contributed by atoms with Crippen molar-refractivity contribution in [1.82, 2.24) is 0 Å². The van der Waals surface area contributed by atoms with Crippen molar-refractivity contribution in [2.75, 3.05) is 0 Å². The summed E-state index contributed by atoms with van der Waals surface area (Å²) in [6.07, 6.45) is 9.93. The summed E-state index contributed by atoms with van der Waals surface area (Å²) in [5.41, 5.74) is -0.521. The molecular weight excluding hydrogens is 364 g/mol. The van der Waals surface area contributed by atoms with Crippen LogP contribution in [0.2, 0.25) is 0 Å². The lowest BCUT2D eigenvalue weighted by atomic mass is 9.72. The second-order valence-electron chi connectivity index (χ2n) is 9.71. The van der Waals surface area contributed by atoms with Gasteiger partial charge in [0.25, 0.3) is 0 Å². The highest BCUT2D eigenvalue weighted by Crippen LogP contribution is 2.47. The van der Waals surface area contributed by atoms with E-state index in [1.807, 2.05) is 0 Å². The van der Waals surface area contributed by atoms with Gasteiger partial charge >= 0.3 is 0 Å². The standard InChI is InChI=1S/C25H50O4/c1-10-16-23(12-3,13-4)26-28-25(21(8)18-20(7)19-22(25)9)29-27-24(14-5,15-6)17-11-2/h20-22H,10-19H2,1-9H3. The van der Waals surface area contributed by atoms with E-state index in [4.69, 9.17) is 19.6 Å². The van der Waals surface area contributed by atoms with E-state index in [1.54, 1.807) is 0 Å². The van der Waals surface area contributed by atoms with Gasteiger partial charge < -0.3 is 0 Å². The molecule has 1 rings (SSSR count). The summed E-state index contributed by atoms with van der Waals surface area (Å²) in [7, 11) is 0. The van der Waals surface area contributed by atoms with E-state index >= 15 is 0 Å². The van der Waals surface area contributed by atoms with Gasteiger partial charge in [0.2, 0.25) is 5.79 Å². The van der Waals surface area contributed by atoms with Crippen LogP contribution in [0.25, 0.3) is 0 Å². The monoisotopic (exact) mass is 414 g/mol. The van der Waals surface area contributed by atoms with E-state index in [9.17, 15) is 0 Å². The van der Waals surface area contributed by atoms with Gasteiger partial charge in [0.1, 0.15) is 11.2 Å². The maximum absolute atomic E-state index is 6.36. The normalized spacial score (nSPS) is 25.3. The molecule has 0 amide bonds. The zero-order chi connectivity index (χ0) is 22.1. The molecule has 1 aliphatic carbocycles. The summed E-state index contributed by atoms with van der Waals surface area (Å²) in [6.45, 7) is 19.9. The Morgan fingerprint density at radius 3 is 1.28 bits per heavy atom. The fraction of sp³-hybridized carbons (Fsp3) is 1.00. The molecular formula is C25H50O4. The summed E-state index contributed by atoms with van der Waals surface area (Å²) >= 11 is 0. The minimum atomic E-state index is -0.862. The molecule has 0 aromatic rings. The van der Waals surface area contributed by atoms with E-state index in [-0.39, 0.29) is 23.0 Å². The lowest BCUT2D eigenvalue weighted by Gasteiger charge is -2.48. The van der Waals surface area contributed by atoms with Gasteiger partial charge in [-0.25, -0.2) is 9.78 Å². The van der Waals surface area contributed by atoms with Crippen LogP contribution in [-0.4, -0.2) is 17.0 Å². The molecule has 0 aromatic heterocycles. The van der Waals surface area contributed by atoms with Crippen molar-refractivity contribution in [1.29, 1.82) is 0 Å². The quantitative estimate of drug-likeness (QED) is 0.164. The second kappa shape index (κ2) is 12.0. The molecule has 0 aliphatic heterocycles. The lowest BCUT2D eigenvalue weighted by molar-refractivity contribution is -0.572. The Labute approximate surface area is 181 Å². The molecule has 0 heterocycles. The molecule has 4 heteroatoms. The fourth-order valence-electron chi connectivity index (χ4n) is 5.20. The first-order chi connectivity index (χ1) is 13.7. The molecule has 0 bridgehead atoms. The zero-order valence-electron chi connectivity index (χ0n) is 20.9. The van der Waals surface area contributed by atoms with Crippen LogP contribution in [0.1, 0.15) is 127 Å². The second-order valence-corrected chi connectivity index (χ2v) is 9.71. The maximum atomic E-state index is 6.36. The predicted molar refractivity (Wildman–Crippen MR) is 120 cm³/mol. The molecule has 4 nitrogen and oxygen atoms in total. The maximum Gasteiger partial charge on any atom is 0.239 e. The SMILES string of the molecule is CCCC(CC)(CC)OOC1(OOC(CC)(CC)CCC)C(C)CC(C)CC1C. The van der Waals surface area contributed by atoms with Gasteiger partial charge in [-0.1, -0.05) is 75.2 Å². The smallest absolute Gasteiger partial charge is 0.227 e. The van der Waals surface area contributed by atoms with Crippen LogP contribution in [0, 0.1) is 17.8 Å². The first-order valence-corrected chi connectivity index (χ1v) is 12.5. The zero-order valence-corrected chi connectivity index (χ0v) is 20.9. The van der Waals surface area contributed by atoms with Crippen molar-refractivity contribution in [2.24, 2.45) is 17.8 Å². The van der Waals surface area contributed by atoms with Crippen molar-refractivity contribution in [2.45, 2.75) is 144 Å². The Kier molecular flexibility index (Phi) is 11.1. The Morgan fingerprint density at radius 1 is 0.655 bits per heavy atom. The van der Waals surface area contributed by atoms with Crippen LogP contribution in [0.4, 0.5) is 0 Å². The molecule has 2 atom stereocenters. The number of hydrogen-bond donors (Lipinski definition) is 0. The van der Waals surface area contributed by atoms with E-state index in [0.717, 1.165) is 64.2 Å². The molecule has 1 aliphatic rings. The highest BCUT2D eigenvalue weighted by molar-refractivity contribution is 4.89. The van der Waals surface area contributed by atoms with Crippen molar-refractivity contribution in [3.8, 4) is 0 Å². The van der Waals surface area contributed by atoms with Gasteiger partial charge in [-0.15, -0.1) is 0 Å². The minimum absolute atomic E-state index is 0.197. The van der Waals surface area contributed by atoms with Crippen LogP contribution in [0.3, 0.4) is 0 Å². The summed E-state index contributed by atoms with van der Waals surface area (Å²) in [5, 5.41) is 0. The molecule has 2 unspecified atom stereocenters. The average molecular weight is 415 g/mol. The largest absolute Gasteiger partial charge is 0.239 e. The Hall–Kier alpha value is -0.160. The summed E-state index contributed by atoms with van der Waals surface area (Å²) in [6, 6.07) is 0. The summed E-state index contributed by atoms with van der Waals surface area (Å²) in [5.74, 6) is 0.180. The summed E-state index contributed by atoms with van der Waals surface area (Å²) in [4.78, 5) is 25.3. The van der Waals surface area contributed by atoms with Crippen molar-refractivity contribution in [3.05, 3.63) is 0 Å². The van der Waals surface area contributed by atoms with Crippen LogP contribution in [0.5, 0.6) is 0 Å². The Balaban J connectivity index is 3.13. The molecule has 29 heavy (non-hydrogen) atoms. The summed E-state index contributed by atoms with van der Waals surface area (Å²) < 4.78 is 0. The molecule has 0 spiro atoms. The van der Waals surface area contributed by atoms with Crippen molar-refractivity contribution >= 4 is 0 Å².